The third-order valence-electron chi connectivity index (χ3n) is 4.55. The molecule has 0 aliphatic heterocycles. The van der Waals surface area contributed by atoms with Crippen molar-refractivity contribution in [2.24, 2.45) is 0 Å². The summed E-state index contributed by atoms with van der Waals surface area (Å²) >= 11 is 0. The van der Waals surface area contributed by atoms with Crippen molar-refractivity contribution < 1.29 is 19.2 Å². The first-order valence-electron chi connectivity index (χ1n) is 9.73. The van der Waals surface area contributed by atoms with E-state index < -0.39 is 0 Å². The molecule has 0 atom stereocenters. The van der Waals surface area contributed by atoms with E-state index in [1.165, 1.54) is 4.90 Å². The van der Waals surface area contributed by atoms with Crippen molar-refractivity contribution in [3.05, 3.63) is 59.7 Å². The van der Waals surface area contributed by atoms with Crippen LogP contribution in [0.3, 0.4) is 0 Å². The summed E-state index contributed by atoms with van der Waals surface area (Å²) in [6.07, 6.45) is 0. The summed E-state index contributed by atoms with van der Waals surface area (Å²) in [5.74, 6) is 0.307. The smallest absolute Gasteiger partial charge is 0.262 e. The Balaban J connectivity index is 1.78. The van der Waals surface area contributed by atoms with Crippen molar-refractivity contribution in [1.82, 2.24) is 5.32 Å². The van der Waals surface area contributed by atoms with Crippen LogP contribution in [0.2, 0.25) is 0 Å². The predicted octanol–water partition coefficient (Wildman–Crippen LogP) is 1.67. The van der Waals surface area contributed by atoms with Gasteiger partial charge >= 0.3 is 0 Å². The zero-order valence-electron chi connectivity index (χ0n) is 16.9. The molecule has 2 aromatic rings. The lowest BCUT2D eigenvalue weighted by atomic mass is 10.2. The Hall–Kier alpha value is -2.86. The first-order chi connectivity index (χ1) is 13.5. The van der Waals surface area contributed by atoms with Gasteiger partial charge in [-0.2, -0.15) is 0 Å². The topological polar surface area (TPSA) is 71.9 Å². The minimum Gasteiger partial charge on any atom is -0.484 e. The molecule has 0 spiro atoms. The van der Waals surface area contributed by atoms with Crippen molar-refractivity contribution in [2.45, 2.75) is 20.8 Å². The van der Waals surface area contributed by atoms with E-state index >= 15 is 0 Å². The quantitative estimate of drug-likeness (QED) is 0.584. The van der Waals surface area contributed by atoms with Gasteiger partial charge in [0, 0.05) is 11.3 Å². The molecule has 6 nitrogen and oxygen atoms in total. The molecule has 0 aliphatic rings. The number of likely N-dealkylation sites (N-methyl/N-ethyl adjacent to an activating group) is 1. The maximum atomic E-state index is 12.2. The minimum atomic E-state index is -0.249. The van der Waals surface area contributed by atoms with E-state index in [1.807, 2.05) is 31.2 Å². The van der Waals surface area contributed by atoms with Crippen LogP contribution in [0.1, 0.15) is 29.8 Å². The summed E-state index contributed by atoms with van der Waals surface area (Å²) < 4.78 is 5.49. The van der Waals surface area contributed by atoms with Crippen molar-refractivity contribution in [3.63, 3.8) is 0 Å². The molecule has 0 saturated heterocycles. The van der Waals surface area contributed by atoms with Crippen LogP contribution < -0.4 is 20.3 Å². The first kappa shape index (κ1) is 21.4. The third kappa shape index (κ3) is 7.04. The fourth-order valence-corrected chi connectivity index (χ4v) is 2.81. The van der Waals surface area contributed by atoms with Crippen molar-refractivity contribution in [1.29, 1.82) is 0 Å². The second kappa shape index (κ2) is 11.1. The molecule has 0 heterocycles. The van der Waals surface area contributed by atoms with E-state index in [0.717, 1.165) is 25.2 Å². The summed E-state index contributed by atoms with van der Waals surface area (Å²) in [5.41, 5.74) is 2.27. The lowest BCUT2D eigenvalue weighted by molar-refractivity contribution is -0.895. The Labute approximate surface area is 166 Å². The van der Waals surface area contributed by atoms with Gasteiger partial charge in [0.1, 0.15) is 5.75 Å². The highest BCUT2D eigenvalue weighted by molar-refractivity contribution is 5.96. The van der Waals surface area contributed by atoms with Gasteiger partial charge in [-0.15, -0.1) is 0 Å². The van der Waals surface area contributed by atoms with E-state index in [9.17, 15) is 9.59 Å². The van der Waals surface area contributed by atoms with E-state index in [2.05, 4.69) is 24.5 Å². The van der Waals surface area contributed by atoms with Gasteiger partial charge in [-0.05, 0) is 62.7 Å². The lowest BCUT2D eigenvalue weighted by Gasteiger charge is -2.15. The molecule has 0 unspecified atom stereocenters. The molecule has 0 bridgehead atoms. The van der Waals surface area contributed by atoms with Gasteiger partial charge in [0.25, 0.3) is 11.8 Å². The van der Waals surface area contributed by atoms with Gasteiger partial charge in [0.15, 0.2) is 6.61 Å². The molecule has 6 heteroatoms. The SMILES string of the molecule is CC[NH+](CC)CCNC(=O)c1ccc(NC(=O)COc2cccc(C)c2)cc1. The first-order valence-corrected chi connectivity index (χ1v) is 9.73. The second-order valence-corrected chi connectivity index (χ2v) is 6.69. The molecule has 2 rings (SSSR count). The number of carbonyl (C=O) groups excluding carboxylic acids is 2. The number of amides is 2. The average Bonchev–Trinajstić information content (AvgIpc) is 2.70. The highest BCUT2D eigenvalue weighted by Crippen LogP contribution is 2.13. The molecule has 0 saturated carbocycles. The van der Waals surface area contributed by atoms with Gasteiger partial charge in [0.05, 0.1) is 26.2 Å². The van der Waals surface area contributed by atoms with Crippen molar-refractivity contribution in [3.8, 4) is 5.75 Å². The number of rotatable bonds is 10. The van der Waals surface area contributed by atoms with Crippen LogP contribution in [-0.2, 0) is 4.79 Å². The Morgan fingerprint density at radius 1 is 1.04 bits per heavy atom. The molecule has 3 N–H and O–H groups in total. The van der Waals surface area contributed by atoms with Crippen LogP contribution >= 0.6 is 0 Å². The third-order valence-corrected chi connectivity index (χ3v) is 4.55. The van der Waals surface area contributed by atoms with Crippen LogP contribution in [0.15, 0.2) is 48.5 Å². The number of ether oxygens (including phenoxy) is 1. The maximum Gasteiger partial charge on any atom is 0.262 e. The lowest BCUT2D eigenvalue weighted by Crippen LogP contribution is -3.12. The summed E-state index contributed by atoms with van der Waals surface area (Å²) in [7, 11) is 0. The largest absolute Gasteiger partial charge is 0.484 e. The highest BCUT2D eigenvalue weighted by Gasteiger charge is 2.09. The number of benzene rings is 2. The molecule has 0 fully saturated rings. The van der Waals surface area contributed by atoms with Gasteiger partial charge in [-0.25, -0.2) is 0 Å². The Morgan fingerprint density at radius 3 is 2.39 bits per heavy atom. The number of hydrogen-bond donors (Lipinski definition) is 3. The van der Waals surface area contributed by atoms with E-state index in [-0.39, 0.29) is 18.4 Å². The molecule has 0 radical (unpaired) electrons. The standard InChI is InChI=1S/C22H29N3O3/c1-4-25(5-2)14-13-23-22(27)18-9-11-19(12-10-18)24-21(26)16-28-20-8-6-7-17(3)15-20/h6-12,15H,4-5,13-14,16H2,1-3H3,(H,23,27)(H,24,26)/p+1. The van der Waals surface area contributed by atoms with E-state index in [1.54, 1.807) is 24.3 Å². The predicted molar refractivity (Wildman–Crippen MR) is 111 cm³/mol. The van der Waals surface area contributed by atoms with Crippen molar-refractivity contribution >= 4 is 17.5 Å². The summed E-state index contributed by atoms with van der Waals surface area (Å²) in [6.45, 7) is 9.83. The van der Waals surface area contributed by atoms with Crippen molar-refractivity contribution in [2.75, 3.05) is 38.1 Å². The fraction of sp³-hybridized carbons (Fsp3) is 0.364. The molecule has 2 aromatic carbocycles. The summed E-state index contributed by atoms with van der Waals surface area (Å²) in [4.78, 5) is 25.7. The van der Waals surface area contributed by atoms with Gasteiger partial charge < -0.3 is 20.3 Å². The summed E-state index contributed by atoms with van der Waals surface area (Å²) in [5, 5.41) is 5.70. The van der Waals surface area contributed by atoms with Crippen LogP contribution in [0.25, 0.3) is 0 Å². The van der Waals surface area contributed by atoms with Gasteiger partial charge in [-0.1, -0.05) is 12.1 Å². The van der Waals surface area contributed by atoms with E-state index in [0.29, 0.717) is 23.5 Å². The Bertz CT molecular complexity index is 771. The van der Waals surface area contributed by atoms with Crippen LogP contribution in [-0.4, -0.2) is 44.6 Å². The second-order valence-electron chi connectivity index (χ2n) is 6.69. The fourth-order valence-electron chi connectivity index (χ4n) is 2.81. The monoisotopic (exact) mass is 384 g/mol. The van der Waals surface area contributed by atoms with Crippen LogP contribution in [0, 0.1) is 6.92 Å². The Morgan fingerprint density at radius 2 is 1.75 bits per heavy atom. The molecule has 2 amide bonds. The van der Waals surface area contributed by atoms with E-state index in [4.69, 9.17) is 4.74 Å². The molecular weight excluding hydrogens is 354 g/mol. The zero-order valence-corrected chi connectivity index (χ0v) is 16.9. The summed E-state index contributed by atoms with van der Waals surface area (Å²) in [6, 6.07) is 14.4. The van der Waals surface area contributed by atoms with Crippen LogP contribution in [0.4, 0.5) is 5.69 Å². The number of quaternary nitrogens is 1. The van der Waals surface area contributed by atoms with Gasteiger partial charge in [0.2, 0.25) is 0 Å². The maximum absolute atomic E-state index is 12.2. The molecule has 150 valence electrons. The molecule has 28 heavy (non-hydrogen) atoms. The normalized spacial score (nSPS) is 10.6. The van der Waals surface area contributed by atoms with Crippen LogP contribution in [0.5, 0.6) is 5.75 Å². The number of carbonyl (C=O) groups is 2. The zero-order chi connectivity index (χ0) is 20.4. The van der Waals surface area contributed by atoms with Gasteiger partial charge in [-0.3, -0.25) is 9.59 Å². The molecule has 0 aliphatic carbocycles. The number of aryl methyl sites for hydroxylation is 1. The number of hydrogen-bond acceptors (Lipinski definition) is 3. The highest BCUT2D eigenvalue weighted by atomic mass is 16.5. The molecular formula is C22H30N3O3+. The minimum absolute atomic E-state index is 0.0701. The number of nitrogens with one attached hydrogen (secondary N) is 3. The average molecular weight is 385 g/mol. The molecule has 0 aromatic heterocycles. The number of anilines is 1. The Kier molecular flexibility index (Phi) is 8.49.